The van der Waals surface area contributed by atoms with Crippen LogP contribution in [0, 0.1) is 6.92 Å². The number of anilines is 1. The van der Waals surface area contributed by atoms with Gasteiger partial charge in [-0.2, -0.15) is 0 Å². The number of benzene rings is 1. The third-order valence-electron chi connectivity index (χ3n) is 2.73. The first-order valence-electron chi connectivity index (χ1n) is 5.82. The van der Waals surface area contributed by atoms with Crippen LogP contribution < -0.4 is 10.1 Å². The summed E-state index contributed by atoms with van der Waals surface area (Å²) in [4.78, 5) is 4.06. The van der Waals surface area contributed by atoms with Crippen molar-refractivity contribution in [3.8, 4) is 11.5 Å². The molecular weight excluding hydrogens is 264 g/mol. The highest BCUT2D eigenvalue weighted by atomic mass is 35.5. The minimum Gasteiger partial charge on any atom is -0.508 e. The van der Waals surface area contributed by atoms with Gasteiger partial charge < -0.3 is 15.2 Å². The predicted octanol–water partition coefficient (Wildman–Crippen LogP) is 3.37. The van der Waals surface area contributed by atoms with Gasteiger partial charge in [0, 0.05) is 18.3 Å². The quantitative estimate of drug-likeness (QED) is 0.842. The van der Waals surface area contributed by atoms with Gasteiger partial charge >= 0.3 is 0 Å². The number of aromatic hydroxyl groups is 1. The SMILES string of the molecule is COc1ccc(O)c(CNc2cc(C)cnc2Cl)c1. The van der Waals surface area contributed by atoms with Crippen molar-refractivity contribution in [2.45, 2.75) is 13.5 Å². The molecule has 2 N–H and O–H groups in total. The number of methoxy groups -OCH3 is 1. The molecular formula is C14H15ClN2O2. The topological polar surface area (TPSA) is 54.4 Å². The second-order valence-electron chi connectivity index (χ2n) is 4.20. The monoisotopic (exact) mass is 278 g/mol. The average molecular weight is 279 g/mol. The van der Waals surface area contributed by atoms with Crippen LogP contribution in [0.5, 0.6) is 11.5 Å². The summed E-state index contributed by atoms with van der Waals surface area (Å²) >= 11 is 6.00. The first kappa shape index (κ1) is 13.5. The summed E-state index contributed by atoms with van der Waals surface area (Å²) in [7, 11) is 1.59. The Morgan fingerprint density at radius 1 is 1.37 bits per heavy atom. The molecule has 0 aliphatic rings. The maximum atomic E-state index is 9.79. The Bertz CT molecular complexity index is 588. The van der Waals surface area contributed by atoms with Crippen LogP contribution in [0.1, 0.15) is 11.1 Å². The molecule has 2 rings (SSSR count). The Morgan fingerprint density at radius 2 is 2.16 bits per heavy atom. The second kappa shape index (κ2) is 5.80. The number of phenolic OH excluding ortho intramolecular Hbond substituents is 1. The van der Waals surface area contributed by atoms with Crippen LogP contribution in [0.4, 0.5) is 5.69 Å². The molecule has 0 aliphatic carbocycles. The molecule has 4 nitrogen and oxygen atoms in total. The highest BCUT2D eigenvalue weighted by Crippen LogP contribution is 2.25. The summed E-state index contributed by atoms with van der Waals surface area (Å²) in [5.74, 6) is 0.910. The molecule has 100 valence electrons. The van der Waals surface area contributed by atoms with Crippen molar-refractivity contribution in [1.82, 2.24) is 4.98 Å². The molecule has 0 fully saturated rings. The van der Waals surface area contributed by atoms with E-state index in [0.717, 1.165) is 16.8 Å². The molecule has 0 spiro atoms. The van der Waals surface area contributed by atoms with Crippen LogP contribution >= 0.6 is 11.6 Å². The zero-order valence-corrected chi connectivity index (χ0v) is 11.5. The van der Waals surface area contributed by atoms with Gasteiger partial charge in [0.25, 0.3) is 0 Å². The largest absolute Gasteiger partial charge is 0.508 e. The van der Waals surface area contributed by atoms with E-state index >= 15 is 0 Å². The summed E-state index contributed by atoms with van der Waals surface area (Å²) in [6.07, 6.45) is 1.70. The van der Waals surface area contributed by atoms with E-state index in [-0.39, 0.29) is 5.75 Å². The van der Waals surface area contributed by atoms with Crippen molar-refractivity contribution in [3.63, 3.8) is 0 Å². The number of rotatable bonds is 4. The van der Waals surface area contributed by atoms with Crippen molar-refractivity contribution in [1.29, 1.82) is 0 Å². The molecule has 1 heterocycles. The maximum absolute atomic E-state index is 9.79. The molecule has 0 unspecified atom stereocenters. The fourth-order valence-corrected chi connectivity index (χ4v) is 1.87. The number of pyridine rings is 1. The summed E-state index contributed by atoms with van der Waals surface area (Å²) in [6, 6.07) is 7.00. The van der Waals surface area contributed by atoms with E-state index in [9.17, 15) is 5.11 Å². The Kier molecular flexibility index (Phi) is 4.12. The maximum Gasteiger partial charge on any atom is 0.152 e. The zero-order chi connectivity index (χ0) is 13.8. The molecule has 0 amide bonds. The number of hydrogen-bond donors (Lipinski definition) is 2. The Balaban J connectivity index is 2.16. The van der Waals surface area contributed by atoms with Gasteiger partial charge in [-0.05, 0) is 36.8 Å². The van der Waals surface area contributed by atoms with Gasteiger partial charge in [-0.3, -0.25) is 0 Å². The minimum atomic E-state index is 0.213. The van der Waals surface area contributed by atoms with Gasteiger partial charge in [0.15, 0.2) is 5.15 Å². The standard InChI is InChI=1S/C14H15ClN2O2/c1-9-5-12(14(15)17-7-9)16-8-10-6-11(19-2)3-4-13(10)18/h3-7,16,18H,8H2,1-2H3. The third-order valence-corrected chi connectivity index (χ3v) is 3.03. The highest BCUT2D eigenvalue weighted by molar-refractivity contribution is 6.31. The van der Waals surface area contributed by atoms with Crippen molar-refractivity contribution in [3.05, 3.63) is 46.7 Å². The van der Waals surface area contributed by atoms with E-state index in [1.807, 2.05) is 13.0 Å². The van der Waals surface area contributed by atoms with E-state index < -0.39 is 0 Å². The fraction of sp³-hybridized carbons (Fsp3) is 0.214. The first-order chi connectivity index (χ1) is 9.10. The van der Waals surface area contributed by atoms with Gasteiger partial charge in [0.05, 0.1) is 12.8 Å². The zero-order valence-electron chi connectivity index (χ0n) is 10.8. The van der Waals surface area contributed by atoms with E-state index in [2.05, 4.69) is 10.3 Å². The molecule has 0 saturated heterocycles. The molecule has 0 atom stereocenters. The van der Waals surface area contributed by atoms with Crippen LogP contribution in [0.25, 0.3) is 0 Å². The van der Waals surface area contributed by atoms with Gasteiger partial charge in [-0.1, -0.05) is 11.6 Å². The van der Waals surface area contributed by atoms with Crippen LogP contribution in [-0.4, -0.2) is 17.2 Å². The van der Waals surface area contributed by atoms with Crippen LogP contribution in [0.3, 0.4) is 0 Å². The fourth-order valence-electron chi connectivity index (χ4n) is 1.70. The van der Waals surface area contributed by atoms with Gasteiger partial charge in [-0.15, -0.1) is 0 Å². The second-order valence-corrected chi connectivity index (χ2v) is 4.56. The lowest BCUT2D eigenvalue weighted by Crippen LogP contribution is -2.02. The van der Waals surface area contributed by atoms with Crippen LogP contribution in [-0.2, 0) is 6.54 Å². The predicted molar refractivity (Wildman–Crippen MR) is 76.0 cm³/mol. The van der Waals surface area contributed by atoms with Crippen molar-refractivity contribution >= 4 is 17.3 Å². The van der Waals surface area contributed by atoms with Gasteiger partial charge in [-0.25, -0.2) is 4.98 Å². The van der Waals surface area contributed by atoms with E-state index in [1.165, 1.54) is 0 Å². The lowest BCUT2D eigenvalue weighted by Gasteiger charge is -2.11. The number of halogens is 1. The number of nitrogens with one attached hydrogen (secondary N) is 1. The molecule has 19 heavy (non-hydrogen) atoms. The normalized spacial score (nSPS) is 10.3. The van der Waals surface area contributed by atoms with Crippen LogP contribution in [0.2, 0.25) is 5.15 Å². The molecule has 0 bridgehead atoms. The van der Waals surface area contributed by atoms with E-state index in [1.54, 1.807) is 31.5 Å². The summed E-state index contributed by atoms with van der Waals surface area (Å²) in [6.45, 7) is 2.38. The Morgan fingerprint density at radius 3 is 2.89 bits per heavy atom. The van der Waals surface area contributed by atoms with E-state index in [0.29, 0.717) is 17.4 Å². The Hall–Kier alpha value is -1.94. The lowest BCUT2D eigenvalue weighted by atomic mass is 10.2. The number of ether oxygens (including phenoxy) is 1. The molecule has 1 aromatic heterocycles. The lowest BCUT2D eigenvalue weighted by molar-refractivity contribution is 0.411. The van der Waals surface area contributed by atoms with Gasteiger partial charge in [0.1, 0.15) is 11.5 Å². The smallest absolute Gasteiger partial charge is 0.152 e. The molecule has 0 aliphatic heterocycles. The minimum absolute atomic E-state index is 0.213. The number of hydrogen-bond acceptors (Lipinski definition) is 4. The molecule has 2 aromatic rings. The third kappa shape index (κ3) is 3.29. The number of aryl methyl sites for hydroxylation is 1. The van der Waals surface area contributed by atoms with Crippen molar-refractivity contribution in [2.75, 3.05) is 12.4 Å². The Labute approximate surface area is 117 Å². The number of phenols is 1. The number of aromatic nitrogens is 1. The highest BCUT2D eigenvalue weighted by Gasteiger charge is 2.06. The van der Waals surface area contributed by atoms with Crippen molar-refractivity contribution < 1.29 is 9.84 Å². The number of nitrogens with zero attached hydrogens (tertiary/aromatic N) is 1. The molecule has 0 radical (unpaired) electrons. The summed E-state index contributed by atoms with van der Waals surface area (Å²) in [5.41, 5.74) is 2.49. The summed E-state index contributed by atoms with van der Waals surface area (Å²) < 4.78 is 5.13. The molecule has 5 heteroatoms. The molecule has 0 saturated carbocycles. The first-order valence-corrected chi connectivity index (χ1v) is 6.20. The van der Waals surface area contributed by atoms with E-state index in [4.69, 9.17) is 16.3 Å². The summed E-state index contributed by atoms with van der Waals surface area (Å²) in [5, 5.41) is 13.4. The van der Waals surface area contributed by atoms with Gasteiger partial charge in [0.2, 0.25) is 0 Å². The average Bonchev–Trinajstić information content (AvgIpc) is 2.41. The molecule has 1 aromatic carbocycles. The van der Waals surface area contributed by atoms with Crippen molar-refractivity contribution in [2.24, 2.45) is 0 Å². The van der Waals surface area contributed by atoms with Crippen LogP contribution in [0.15, 0.2) is 30.5 Å².